The van der Waals surface area contributed by atoms with Crippen molar-refractivity contribution in [3.63, 3.8) is 0 Å². The molecule has 1 aromatic heterocycles. The average Bonchev–Trinajstić information content (AvgIpc) is 2.30. The summed E-state index contributed by atoms with van der Waals surface area (Å²) in [6.07, 6.45) is 4.45. The normalized spacial score (nSPS) is 21.5. The molecule has 4 heteroatoms. The zero-order valence-electron chi connectivity index (χ0n) is 8.58. The average molecular weight is 227 g/mol. The first-order valence-corrected chi connectivity index (χ1v) is 5.65. The molecule has 0 saturated carbocycles. The van der Waals surface area contributed by atoms with Gasteiger partial charge in [0.25, 0.3) is 0 Å². The third kappa shape index (κ3) is 3.45. The van der Waals surface area contributed by atoms with E-state index in [1.54, 1.807) is 12.3 Å². The Hall–Kier alpha value is -0.640. The van der Waals surface area contributed by atoms with Crippen LogP contribution in [0.15, 0.2) is 18.3 Å². The van der Waals surface area contributed by atoms with Gasteiger partial charge in [-0.3, -0.25) is 0 Å². The summed E-state index contributed by atoms with van der Waals surface area (Å²) in [4.78, 5) is 4.01. The standard InChI is InChI=1S/C11H15ClN2O/c12-11-4-3-9(6-14-11)8-15-10-2-1-5-13-7-10/h3-4,6,10,13H,1-2,5,7-8H2. The maximum absolute atomic E-state index is 5.76. The maximum Gasteiger partial charge on any atom is 0.129 e. The molecule has 1 N–H and O–H groups in total. The van der Waals surface area contributed by atoms with E-state index in [1.807, 2.05) is 6.07 Å². The SMILES string of the molecule is Clc1ccc(COC2CCCNC2)cn1. The molecule has 3 nitrogen and oxygen atoms in total. The quantitative estimate of drug-likeness (QED) is 0.801. The second kappa shape index (κ2) is 5.45. The molecule has 0 bridgehead atoms. The van der Waals surface area contributed by atoms with Crippen LogP contribution < -0.4 is 5.32 Å². The number of nitrogens with zero attached hydrogens (tertiary/aromatic N) is 1. The van der Waals surface area contributed by atoms with Gasteiger partial charge in [-0.25, -0.2) is 4.98 Å². The van der Waals surface area contributed by atoms with E-state index in [-0.39, 0.29) is 0 Å². The van der Waals surface area contributed by atoms with Crippen molar-refractivity contribution in [2.45, 2.75) is 25.6 Å². The lowest BCUT2D eigenvalue weighted by molar-refractivity contribution is 0.0252. The molecule has 1 unspecified atom stereocenters. The summed E-state index contributed by atoms with van der Waals surface area (Å²) in [7, 11) is 0. The molecule has 2 rings (SSSR count). The smallest absolute Gasteiger partial charge is 0.129 e. The van der Waals surface area contributed by atoms with Crippen LogP contribution >= 0.6 is 11.6 Å². The number of halogens is 1. The Balaban J connectivity index is 1.79. The molecule has 2 heterocycles. The minimum atomic E-state index is 0.342. The molecule has 0 aliphatic carbocycles. The van der Waals surface area contributed by atoms with Gasteiger partial charge >= 0.3 is 0 Å². The van der Waals surface area contributed by atoms with Gasteiger partial charge in [0, 0.05) is 12.7 Å². The topological polar surface area (TPSA) is 34.1 Å². The largest absolute Gasteiger partial charge is 0.372 e. The zero-order valence-corrected chi connectivity index (χ0v) is 9.33. The van der Waals surface area contributed by atoms with Crippen LogP contribution in [0.4, 0.5) is 0 Å². The molecule has 1 aliphatic rings. The molecule has 0 aromatic carbocycles. The molecule has 1 atom stereocenters. The summed E-state index contributed by atoms with van der Waals surface area (Å²) in [5.41, 5.74) is 1.07. The van der Waals surface area contributed by atoms with Crippen molar-refractivity contribution >= 4 is 11.6 Å². The molecular weight excluding hydrogens is 212 g/mol. The number of hydrogen-bond acceptors (Lipinski definition) is 3. The number of hydrogen-bond donors (Lipinski definition) is 1. The van der Waals surface area contributed by atoms with Crippen molar-refractivity contribution in [3.8, 4) is 0 Å². The summed E-state index contributed by atoms with van der Waals surface area (Å²) >= 11 is 5.70. The predicted molar refractivity (Wildman–Crippen MR) is 59.9 cm³/mol. The highest BCUT2D eigenvalue weighted by molar-refractivity contribution is 6.29. The minimum absolute atomic E-state index is 0.342. The molecule has 15 heavy (non-hydrogen) atoms. The van der Waals surface area contributed by atoms with Gasteiger partial charge in [0.2, 0.25) is 0 Å². The van der Waals surface area contributed by atoms with Crippen LogP contribution in [-0.4, -0.2) is 24.2 Å². The fraction of sp³-hybridized carbons (Fsp3) is 0.545. The number of nitrogens with one attached hydrogen (secondary N) is 1. The molecule has 0 spiro atoms. The van der Waals surface area contributed by atoms with Crippen LogP contribution in [0, 0.1) is 0 Å². The molecule has 1 aliphatic heterocycles. The first kappa shape index (κ1) is 10.9. The Morgan fingerprint density at radius 2 is 2.47 bits per heavy atom. The third-order valence-corrected chi connectivity index (χ3v) is 2.75. The van der Waals surface area contributed by atoms with Gasteiger partial charge < -0.3 is 10.1 Å². The van der Waals surface area contributed by atoms with Crippen LogP contribution in [0.2, 0.25) is 5.15 Å². The van der Waals surface area contributed by atoms with E-state index in [2.05, 4.69) is 10.3 Å². The molecule has 0 amide bonds. The van der Waals surface area contributed by atoms with Gasteiger partial charge in [0.15, 0.2) is 0 Å². The van der Waals surface area contributed by atoms with E-state index in [1.165, 1.54) is 6.42 Å². The summed E-state index contributed by atoms with van der Waals surface area (Å²) in [6.45, 7) is 2.69. The van der Waals surface area contributed by atoms with Gasteiger partial charge in [-0.1, -0.05) is 17.7 Å². The second-order valence-corrected chi connectivity index (χ2v) is 4.16. The predicted octanol–water partition coefficient (Wildman–Crippen LogP) is 2.00. The highest BCUT2D eigenvalue weighted by Gasteiger charge is 2.12. The molecule has 1 saturated heterocycles. The fourth-order valence-corrected chi connectivity index (χ4v) is 1.78. The number of rotatable bonds is 3. The molecular formula is C11H15ClN2O. The van der Waals surface area contributed by atoms with Crippen molar-refractivity contribution in [1.29, 1.82) is 0 Å². The Morgan fingerprint density at radius 3 is 3.13 bits per heavy atom. The summed E-state index contributed by atoms with van der Waals surface area (Å²) < 4.78 is 5.76. The van der Waals surface area contributed by atoms with E-state index in [9.17, 15) is 0 Å². The van der Waals surface area contributed by atoms with Gasteiger partial charge in [-0.2, -0.15) is 0 Å². The van der Waals surface area contributed by atoms with Crippen molar-refractivity contribution in [3.05, 3.63) is 29.0 Å². The number of aromatic nitrogens is 1. The van der Waals surface area contributed by atoms with E-state index in [0.717, 1.165) is 25.1 Å². The first-order valence-electron chi connectivity index (χ1n) is 5.27. The third-order valence-electron chi connectivity index (χ3n) is 2.53. The Kier molecular flexibility index (Phi) is 3.94. The molecule has 1 aromatic rings. The molecule has 82 valence electrons. The Bertz CT molecular complexity index is 296. The monoisotopic (exact) mass is 226 g/mol. The van der Waals surface area contributed by atoms with Crippen molar-refractivity contribution in [2.75, 3.05) is 13.1 Å². The summed E-state index contributed by atoms with van der Waals surface area (Å²) in [5, 5.41) is 3.84. The zero-order chi connectivity index (χ0) is 10.5. The summed E-state index contributed by atoms with van der Waals surface area (Å²) in [5.74, 6) is 0. The first-order chi connectivity index (χ1) is 7.34. The Morgan fingerprint density at radius 1 is 1.53 bits per heavy atom. The summed E-state index contributed by atoms with van der Waals surface area (Å²) in [6, 6.07) is 3.74. The van der Waals surface area contributed by atoms with Gasteiger partial charge in [-0.05, 0) is 31.0 Å². The van der Waals surface area contributed by atoms with Crippen LogP contribution in [-0.2, 0) is 11.3 Å². The van der Waals surface area contributed by atoms with Crippen LogP contribution in [0.3, 0.4) is 0 Å². The highest BCUT2D eigenvalue weighted by atomic mass is 35.5. The Labute approximate surface area is 94.8 Å². The van der Waals surface area contributed by atoms with Crippen molar-refractivity contribution in [2.24, 2.45) is 0 Å². The van der Waals surface area contributed by atoms with Crippen LogP contribution in [0.1, 0.15) is 18.4 Å². The minimum Gasteiger partial charge on any atom is -0.372 e. The molecule has 1 fully saturated rings. The lowest BCUT2D eigenvalue weighted by Gasteiger charge is -2.22. The van der Waals surface area contributed by atoms with Crippen molar-refractivity contribution < 1.29 is 4.74 Å². The number of pyridine rings is 1. The van der Waals surface area contributed by atoms with Crippen LogP contribution in [0.5, 0.6) is 0 Å². The lowest BCUT2D eigenvalue weighted by Crippen LogP contribution is -2.35. The number of ether oxygens (including phenoxy) is 1. The van der Waals surface area contributed by atoms with Gasteiger partial charge in [0.1, 0.15) is 5.15 Å². The maximum atomic E-state index is 5.76. The highest BCUT2D eigenvalue weighted by Crippen LogP contribution is 2.11. The van der Waals surface area contributed by atoms with E-state index >= 15 is 0 Å². The van der Waals surface area contributed by atoms with Crippen LogP contribution in [0.25, 0.3) is 0 Å². The second-order valence-electron chi connectivity index (χ2n) is 3.77. The van der Waals surface area contributed by atoms with E-state index < -0.39 is 0 Å². The van der Waals surface area contributed by atoms with E-state index in [0.29, 0.717) is 17.9 Å². The van der Waals surface area contributed by atoms with Gasteiger partial charge in [-0.15, -0.1) is 0 Å². The van der Waals surface area contributed by atoms with Gasteiger partial charge in [0.05, 0.1) is 12.7 Å². The molecule has 0 radical (unpaired) electrons. The van der Waals surface area contributed by atoms with Crippen molar-refractivity contribution in [1.82, 2.24) is 10.3 Å². The number of piperidine rings is 1. The lowest BCUT2D eigenvalue weighted by atomic mass is 10.1. The fourth-order valence-electron chi connectivity index (χ4n) is 1.67. The van der Waals surface area contributed by atoms with E-state index in [4.69, 9.17) is 16.3 Å².